The molecule has 4 N–H and O–H groups in total. The number of hydrogen-bond donors (Lipinski definition) is 4. The smallest absolute Gasteiger partial charge is 0.323 e. The molecule has 0 unspecified atom stereocenters. The van der Waals surface area contributed by atoms with Gasteiger partial charge in [0.2, 0.25) is 15.9 Å². The number of nitrogens with zero attached hydrogens (tertiary/aromatic N) is 3. The fourth-order valence-electron chi connectivity index (χ4n) is 6.75. The predicted molar refractivity (Wildman–Crippen MR) is 230 cm³/mol. The molecule has 1 aromatic heterocycles. The van der Waals surface area contributed by atoms with Crippen molar-refractivity contribution in [2.75, 3.05) is 61.6 Å². The van der Waals surface area contributed by atoms with Crippen LogP contribution in [0.15, 0.2) is 79.0 Å². The van der Waals surface area contributed by atoms with Gasteiger partial charge < -0.3 is 30.2 Å². The van der Waals surface area contributed by atoms with Crippen LogP contribution < -0.4 is 30.1 Å². The van der Waals surface area contributed by atoms with Gasteiger partial charge in [-0.25, -0.2) is 18.2 Å². The molecule has 14 nitrogen and oxygen atoms in total. The lowest BCUT2D eigenvalue weighted by Crippen LogP contribution is -2.46. The van der Waals surface area contributed by atoms with E-state index in [9.17, 15) is 18.0 Å². The minimum Gasteiger partial charge on any atom is -0.492 e. The first-order valence-corrected chi connectivity index (χ1v) is 21.0. The van der Waals surface area contributed by atoms with Crippen LogP contribution in [-0.4, -0.2) is 87.5 Å². The van der Waals surface area contributed by atoms with E-state index in [4.69, 9.17) is 20.6 Å². The summed E-state index contributed by atoms with van der Waals surface area (Å²) in [6, 6.07) is 20.7. The van der Waals surface area contributed by atoms with Crippen LogP contribution in [0, 0.1) is 12.3 Å². The van der Waals surface area contributed by atoms with Gasteiger partial charge in [0.15, 0.2) is 5.75 Å². The molecule has 0 spiro atoms. The molecular weight excluding hydrogens is 771 g/mol. The molecule has 5 aromatic rings. The van der Waals surface area contributed by atoms with Gasteiger partial charge >= 0.3 is 6.03 Å². The summed E-state index contributed by atoms with van der Waals surface area (Å²) in [7, 11) is -2.25. The summed E-state index contributed by atoms with van der Waals surface area (Å²) in [5.41, 5.74) is 3.19. The number of nitrogens with one attached hydrogen (secondary N) is 4. The van der Waals surface area contributed by atoms with E-state index in [1.807, 2.05) is 58.0 Å². The number of terminal acetylenes is 1. The van der Waals surface area contributed by atoms with E-state index < -0.39 is 16.1 Å². The Morgan fingerprint density at radius 3 is 2.37 bits per heavy atom. The third-order valence-corrected chi connectivity index (χ3v) is 10.1. The third-order valence-electron chi connectivity index (χ3n) is 9.53. The van der Waals surface area contributed by atoms with Crippen LogP contribution in [-0.2, 0) is 26.6 Å². The lowest BCUT2D eigenvalue weighted by atomic mass is 9.86. The highest BCUT2D eigenvalue weighted by Gasteiger charge is 2.23. The van der Waals surface area contributed by atoms with Crippen molar-refractivity contribution in [1.29, 1.82) is 0 Å². The van der Waals surface area contributed by atoms with Gasteiger partial charge in [0, 0.05) is 66.3 Å². The summed E-state index contributed by atoms with van der Waals surface area (Å²) < 4.78 is 44.2. The maximum absolute atomic E-state index is 13.5. The number of amides is 3. The van der Waals surface area contributed by atoms with Crippen LogP contribution in [0.4, 0.5) is 21.9 Å². The maximum atomic E-state index is 13.5. The molecule has 1 fully saturated rings. The summed E-state index contributed by atoms with van der Waals surface area (Å²) in [6.45, 7) is 11.7. The maximum Gasteiger partial charge on any atom is 0.323 e. The van der Waals surface area contributed by atoms with Crippen molar-refractivity contribution >= 4 is 49.8 Å². The molecule has 0 saturated carbocycles. The number of sulfonamides is 1. The summed E-state index contributed by atoms with van der Waals surface area (Å²) >= 11 is 0. The number of urea groups is 1. The number of carbonyl (C=O) groups excluding carboxylic acids is 2. The molecule has 6 rings (SSSR count). The van der Waals surface area contributed by atoms with Gasteiger partial charge in [-0.3, -0.25) is 14.4 Å². The highest BCUT2D eigenvalue weighted by molar-refractivity contribution is 7.92. The molecule has 4 aromatic carbocycles. The van der Waals surface area contributed by atoms with E-state index in [1.165, 1.54) is 7.11 Å². The molecule has 59 heavy (non-hydrogen) atoms. The van der Waals surface area contributed by atoms with Gasteiger partial charge in [-0.2, -0.15) is 4.98 Å². The number of hydrogen-bond acceptors (Lipinski definition) is 10. The number of carbonyl (C=O) groups is 2. The second-order valence-electron chi connectivity index (χ2n) is 15.4. The minimum atomic E-state index is -3.65. The first kappa shape index (κ1) is 42.4. The van der Waals surface area contributed by atoms with Crippen molar-refractivity contribution < 1.29 is 32.2 Å². The predicted octanol–water partition coefficient (Wildman–Crippen LogP) is 6.77. The third kappa shape index (κ3) is 11.3. The van der Waals surface area contributed by atoms with Crippen molar-refractivity contribution in [3.05, 3.63) is 107 Å². The molecule has 2 heterocycles. The quantitative estimate of drug-likeness (QED) is 0.0930. The molecule has 0 radical (unpaired) electrons. The molecule has 1 saturated heterocycles. The van der Waals surface area contributed by atoms with Gasteiger partial charge in [0.25, 0.3) is 5.91 Å². The zero-order valence-electron chi connectivity index (χ0n) is 34.0. The number of rotatable bonds is 13. The molecule has 15 heteroatoms. The fraction of sp³-hybridized carbons (Fsp3) is 0.318. The van der Waals surface area contributed by atoms with E-state index in [-0.39, 0.29) is 34.5 Å². The van der Waals surface area contributed by atoms with Crippen molar-refractivity contribution in [2.45, 2.75) is 45.6 Å². The van der Waals surface area contributed by atoms with Crippen LogP contribution in [0.1, 0.15) is 60.6 Å². The Labute approximate surface area is 345 Å². The zero-order chi connectivity index (χ0) is 42.3. The second-order valence-corrected chi connectivity index (χ2v) is 17.2. The van der Waals surface area contributed by atoms with Crippen molar-refractivity contribution in [3.63, 3.8) is 0 Å². The lowest BCUT2D eigenvalue weighted by Gasteiger charge is -2.29. The normalized spacial score (nSPS) is 13.8. The second kappa shape index (κ2) is 18.2. The topological polar surface area (TPSA) is 173 Å². The number of ether oxygens (including phenoxy) is 3. The number of fused-ring (bicyclic) bond motifs is 1. The van der Waals surface area contributed by atoms with Gasteiger partial charge in [0.1, 0.15) is 11.6 Å². The van der Waals surface area contributed by atoms with Crippen molar-refractivity contribution in [3.8, 4) is 29.7 Å². The Hall–Kier alpha value is -6.21. The fourth-order valence-corrected chi connectivity index (χ4v) is 7.30. The number of benzene rings is 4. The van der Waals surface area contributed by atoms with Gasteiger partial charge in [-0.05, 0) is 65.9 Å². The number of morpholine rings is 1. The summed E-state index contributed by atoms with van der Waals surface area (Å²) in [5, 5.41) is 10.2. The van der Waals surface area contributed by atoms with E-state index >= 15 is 0 Å². The average Bonchev–Trinajstić information content (AvgIpc) is 3.18. The largest absolute Gasteiger partial charge is 0.492 e. The van der Waals surface area contributed by atoms with Crippen molar-refractivity contribution in [2.24, 2.45) is 0 Å². The minimum absolute atomic E-state index is 0.0735. The average molecular weight is 820 g/mol. The van der Waals surface area contributed by atoms with Crippen LogP contribution >= 0.6 is 0 Å². The van der Waals surface area contributed by atoms with Gasteiger partial charge in [0.05, 0.1) is 43.6 Å². The Morgan fingerprint density at radius 1 is 0.966 bits per heavy atom. The van der Waals surface area contributed by atoms with Crippen molar-refractivity contribution in [1.82, 2.24) is 20.2 Å². The first-order valence-electron chi connectivity index (χ1n) is 19.1. The monoisotopic (exact) mass is 819 g/mol. The highest BCUT2D eigenvalue weighted by atomic mass is 32.2. The summed E-state index contributed by atoms with van der Waals surface area (Å²) in [4.78, 5) is 38.2. The zero-order valence-corrected chi connectivity index (χ0v) is 34.8. The van der Waals surface area contributed by atoms with Crippen LogP contribution in [0.3, 0.4) is 0 Å². The van der Waals surface area contributed by atoms with Crippen LogP contribution in [0.25, 0.3) is 10.8 Å². The molecule has 3 amide bonds. The Morgan fingerprint density at radius 2 is 1.68 bits per heavy atom. The molecule has 1 aliphatic heterocycles. The van der Waals surface area contributed by atoms with Crippen LogP contribution in [0.5, 0.6) is 17.4 Å². The number of anilines is 3. The number of aromatic nitrogens is 2. The number of methoxy groups -OCH3 is 1. The van der Waals surface area contributed by atoms with E-state index in [1.54, 1.807) is 48.7 Å². The molecule has 0 aliphatic carbocycles. The van der Waals surface area contributed by atoms with E-state index in [2.05, 4.69) is 41.5 Å². The lowest BCUT2D eigenvalue weighted by molar-refractivity contribution is 0.0342. The summed E-state index contributed by atoms with van der Waals surface area (Å²) in [5.74, 6) is 3.85. The van der Waals surface area contributed by atoms with E-state index in [0.29, 0.717) is 64.7 Å². The summed E-state index contributed by atoms with van der Waals surface area (Å²) in [6.07, 6.45) is 8.73. The SMILES string of the molecule is C#Cc1cc(Cc2nccc(Oc3ccc(NC(=O)Nc4cc(C(C)(C)C)cc(NS(C)(=O)=O)c4OC)c4ccccc34)n2)cc(C(=O)N[C@H](C)CN2CCOCC2)c1. The molecule has 0 bridgehead atoms. The standard InChI is InChI=1S/C44H49N7O7S/c1-8-29-21-30(23-31(22-29)42(52)46-28(2)27-51-17-19-57-20-18-51)24-39-45-16-15-40(49-39)58-38-14-13-35(33-11-9-10-12-34(33)38)47-43(53)48-36-25-32(44(3,4)5)26-37(41(36)56-6)50-59(7,54)55/h1,9-16,21-23,25-26,28,50H,17-20,24,27H2,2-7H3,(H,46,52)(H2,47,48,53)/t28-/m1/s1. The first-order chi connectivity index (χ1) is 28.1. The Balaban J connectivity index is 1.18. The van der Waals surface area contributed by atoms with Crippen LogP contribution in [0.2, 0.25) is 0 Å². The molecule has 1 aliphatic rings. The highest BCUT2D eigenvalue weighted by Crippen LogP contribution is 2.40. The molecule has 308 valence electrons. The Bertz CT molecular complexity index is 2510. The molecule has 1 atom stereocenters. The molecular formula is C44H49N7O7S. The van der Waals surface area contributed by atoms with E-state index in [0.717, 1.165) is 37.0 Å². The Kier molecular flexibility index (Phi) is 13.0. The van der Waals surface area contributed by atoms with Gasteiger partial charge in [-0.15, -0.1) is 6.42 Å². The van der Waals surface area contributed by atoms with Gasteiger partial charge in [-0.1, -0.05) is 51.0 Å².